The Morgan fingerprint density at radius 2 is 1.90 bits per heavy atom. The van der Waals surface area contributed by atoms with E-state index in [9.17, 15) is 9.90 Å². The maximum absolute atomic E-state index is 11.6. The minimum atomic E-state index is -0.494. The molecular formula is C23H32IN5O2. The summed E-state index contributed by atoms with van der Waals surface area (Å²) >= 11 is 0. The maximum Gasteiger partial charge on any atom is 0.239 e. The van der Waals surface area contributed by atoms with Crippen LogP contribution in [0.4, 0.5) is 5.69 Å². The Bertz CT molecular complexity index is 830. The van der Waals surface area contributed by atoms with Crippen LogP contribution in [-0.2, 0) is 11.3 Å². The molecule has 0 saturated carbocycles. The van der Waals surface area contributed by atoms with E-state index in [4.69, 9.17) is 0 Å². The normalized spacial score (nSPS) is 15.0. The molecule has 1 heterocycles. The number of guanidine groups is 1. The number of benzene rings is 2. The zero-order valence-electron chi connectivity index (χ0n) is 17.9. The molecule has 4 N–H and O–H groups in total. The standard InChI is InChI=1S/C23H31N5O2.HI/c1-2-24-23(26-13-12-21(29)19-6-4-3-5-7-19)27-16-18-8-10-20(11-9-18)28-15-14-25-22(30)17-28;/h3-11,21,29H,2,12-17H2,1H3,(H,25,30)(H2,24,26,27);1H. The van der Waals surface area contributed by atoms with Gasteiger partial charge in [-0.2, -0.15) is 0 Å². The lowest BCUT2D eigenvalue weighted by Gasteiger charge is -2.28. The zero-order valence-corrected chi connectivity index (χ0v) is 20.2. The van der Waals surface area contributed by atoms with Crippen molar-refractivity contribution in [1.29, 1.82) is 0 Å². The van der Waals surface area contributed by atoms with E-state index in [1.54, 1.807) is 0 Å². The second-order valence-corrected chi connectivity index (χ2v) is 7.28. The first-order valence-electron chi connectivity index (χ1n) is 10.5. The quantitative estimate of drug-likeness (QED) is 0.236. The van der Waals surface area contributed by atoms with E-state index in [-0.39, 0.29) is 29.9 Å². The number of nitrogens with zero attached hydrogens (tertiary/aromatic N) is 2. The van der Waals surface area contributed by atoms with Crippen LogP contribution in [0.5, 0.6) is 0 Å². The molecule has 0 aromatic heterocycles. The van der Waals surface area contributed by atoms with Gasteiger partial charge in [0.2, 0.25) is 5.91 Å². The highest BCUT2D eigenvalue weighted by Crippen LogP contribution is 2.17. The van der Waals surface area contributed by atoms with Crippen molar-refractivity contribution in [2.24, 2.45) is 4.99 Å². The first-order chi connectivity index (χ1) is 14.7. The molecule has 0 spiro atoms. The van der Waals surface area contributed by atoms with Gasteiger partial charge < -0.3 is 26.0 Å². The van der Waals surface area contributed by atoms with E-state index in [0.717, 1.165) is 35.9 Å². The second kappa shape index (κ2) is 13.2. The second-order valence-electron chi connectivity index (χ2n) is 7.28. The lowest BCUT2D eigenvalue weighted by Crippen LogP contribution is -2.47. The molecule has 168 valence electrons. The van der Waals surface area contributed by atoms with Gasteiger partial charge >= 0.3 is 0 Å². The molecule has 2 aromatic carbocycles. The highest BCUT2D eigenvalue weighted by Gasteiger charge is 2.16. The summed E-state index contributed by atoms with van der Waals surface area (Å²) in [4.78, 5) is 18.3. The van der Waals surface area contributed by atoms with E-state index >= 15 is 0 Å². The van der Waals surface area contributed by atoms with Crippen molar-refractivity contribution in [3.05, 3.63) is 65.7 Å². The molecule has 0 bridgehead atoms. The molecule has 1 aliphatic rings. The highest BCUT2D eigenvalue weighted by atomic mass is 127. The summed E-state index contributed by atoms with van der Waals surface area (Å²) in [5, 5.41) is 19.7. The third-order valence-corrected chi connectivity index (χ3v) is 5.00. The molecule has 8 heteroatoms. The summed E-state index contributed by atoms with van der Waals surface area (Å²) in [5.74, 6) is 0.795. The van der Waals surface area contributed by atoms with Gasteiger partial charge in [0.15, 0.2) is 5.96 Å². The molecular weight excluding hydrogens is 505 g/mol. The Morgan fingerprint density at radius 3 is 2.58 bits per heavy atom. The average Bonchev–Trinajstić information content (AvgIpc) is 2.78. The van der Waals surface area contributed by atoms with Crippen molar-refractivity contribution in [2.45, 2.75) is 26.0 Å². The van der Waals surface area contributed by atoms with Crippen LogP contribution >= 0.6 is 24.0 Å². The summed E-state index contributed by atoms with van der Waals surface area (Å²) in [5.41, 5.74) is 3.08. The molecule has 1 saturated heterocycles. The third kappa shape index (κ3) is 8.02. The highest BCUT2D eigenvalue weighted by molar-refractivity contribution is 14.0. The van der Waals surface area contributed by atoms with E-state index in [1.165, 1.54) is 0 Å². The number of rotatable bonds is 8. The fraction of sp³-hybridized carbons (Fsp3) is 0.391. The van der Waals surface area contributed by atoms with Crippen molar-refractivity contribution in [1.82, 2.24) is 16.0 Å². The van der Waals surface area contributed by atoms with Gasteiger partial charge in [-0.3, -0.25) is 4.79 Å². The van der Waals surface area contributed by atoms with Gasteiger partial charge in [-0.15, -0.1) is 24.0 Å². The van der Waals surface area contributed by atoms with Gasteiger partial charge in [0, 0.05) is 31.9 Å². The van der Waals surface area contributed by atoms with Crippen molar-refractivity contribution in [2.75, 3.05) is 37.6 Å². The van der Waals surface area contributed by atoms with Crippen LogP contribution in [0.1, 0.15) is 30.6 Å². The Balaban J connectivity index is 0.00000341. The summed E-state index contributed by atoms with van der Waals surface area (Å²) in [6.45, 7) is 5.88. The molecule has 3 rings (SSSR count). The predicted octanol–water partition coefficient (Wildman–Crippen LogP) is 2.42. The fourth-order valence-corrected chi connectivity index (χ4v) is 3.35. The molecule has 7 nitrogen and oxygen atoms in total. The zero-order chi connectivity index (χ0) is 21.2. The molecule has 1 atom stereocenters. The monoisotopic (exact) mass is 537 g/mol. The van der Waals surface area contributed by atoms with E-state index < -0.39 is 6.10 Å². The Labute approximate surface area is 201 Å². The molecule has 0 radical (unpaired) electrons. The van der Waals surface area contributed by atoms with Crippen LogP contribution in [0.25, 0.3) is 0 Å². The number of nitrogens with one attached hydrogen (secondary N) is 3. The molecule has 1 aliphatic heterocycles. The number of carbonyl (C=O) groups excluding carboxylic acids is 1. The average molecular weight is 537 g/mol. The first kappa shape index (κ1) is 24.9. The number of amides is 1. The van der Waals surface area contributed by atoms with Gasteiger partial charge in [-0.05, 0) is 36.6 Å². The lowest BCUT2D eigenvalue weighted by molar-refractivity contribution is -0.120. The summed E-state index contributed by atoms with van der Waals surface area (Å²) in [6, 6.07) is 17.9. The molecule has 1 fully saturated rings. The van der Waals surface area contributed by atoms with Crippen LogP contribution in [-0.4, -0.2) is 49.7 Å². The predicted molar refractivity (Wildman–Crippen MR) is 136 cm³/mol. The van der Waals surface area contributed by atoms with Gasteiger partial charge in [-0.1, -0.05) is 42.5 Å². The number of aliphatic imine (C=N–C) groups is 1. The Morgan fingerprint density at radius 1 is 1.16 bits per heavy atom. The van der Waals surface area contributed by atoms with Crippen molar-refractivity contribution in [3.63, 3.8) is 0 Å². The third-order valence-electron chi connectivity index (χ3n) is 5.00. The van der Waals surface area contributed by atoms with E-state index in [0.29, 0.717) is 32.6 Å². The number of aliphatic hydroxyl groups excluding tert-OH is 1. The molecule has 0 aliphatic carbocycles. The van der Waals surface area contributed by atoms with Gasteiger partial charge in [0.25, 0.3) is 0 Å². The lowest BCUT2D eigenvalue weighted by atomic mass is 10.1. The molecule has 31 heavy (non-hydrogen) atoms. The van der Waals surface area contributed by atoms with E-state index in [2.05, 4.69) is 25.8 Å². The largest absolute Gasteiger partial charge is 0.388 e. The van der Waals surface area contributed by atoms with E-state index in [1.807, 2.05) is 61.5 Å². The fourth-order valence-electron chi connectivity index (χ4n) is 3.35. The minimum Gasteiger partial charge on any atom is -0.388 e. The number of piperazine rings is 1. The molecule has 1 amide bonds. The van der Waals surface area contributed by atoms with Crippen molar-refractivity contribution in [3.8, 4) is 0 Å². The summed E-state index contributed by atoms with van der Waals surface area (Å²) < 4.78 is 0. The minimum absolute atomic E-state index is 0. The van der Waals surface area contributed by atoms with Crippen molar-refractivity contribution >= 4 is 41.5 Å². The van der Waals surface area contributed by atoms with Gasteiger partial charge in [0.05, 0.1) is 19.2 Å². The van der Waals surface area contributed by atoms with Crippen LogP contribution in [0.3, 0.4) is 0 Å². The number of hydrogen-bond acceptors (Lipinski definition) is 4. The number of hydrogen-bond donors (Lipinski definition) is 4. The van der Waals surface area contributed by atoms with Crippen molar-refractivity contribution < 1.29 is 9.90 Å². The van der Waals surface area contributed by atoms with Crippen LogP contribution in [0.2, 0.25) is 0 Å². The summed E-state index contributed by atoms with van der Waals surface area (Å²) in [6.07, 6.45) is 0.109. The Hall–Kier alpha value is -2.33. The molecule has 2 aromatic rings. The number of halogens is 1. The summed E-state index contributed by atoms with van der Waals surface area (Å²) in [7, 11) is 0. The van der Waals surface area contributed by atoms with Crippen LogP contribution < -0.4 is 20.9 Å². The first-order valence-corrected chi connectivity index (χ1v) is 10.5. The SMILES string of the molecule is CCNC(=NCc1ccc(N2CCNC(=O)C2)cc1)NCCC(O)c1ccccc1.I. The van der Waals surface area contributed by atoms with Gasteiger partial charge in [-0.25, -0.2) is 4.99 Å². The number of carbonyl (C=O) groups is 1. The maximum atomic E-state index is 11.6. The Kier molecular flexibility index (Phi) is 10.6. The number of anilines is 1. The van der Waals surface area contributed by atoms with Gasteiger partial charge in [0.1, 0.15) is 0 Å². The number of aliphatic hydroxyl groups is 1. The van der Waals surface area contributed by atoms with Crippen LogP contribution in [0, 0.1) is 0 Å². The molecule has 1 unspecified atom stereocenters. The topological polar surface area (TPSA) is 89.0 Å². The van der Waals surface area contributed by atoms with Crippen LogP contribution in [0.15, 0.2) is 59.6 Å². The smallest absolute Gasteiger partial charge is 0.239 e.